The lowest BCUT2D eigenvalue weighted by atomic mass is 10.0. The van der Waals surface area contributed by atoms with Crippen LogP contribution in [0.3, 0.4) is 0 Å². The molecule has 0 unspecified atom stereocenters. The van der Waals surface area contributed by atoms with Crippen LogP contribution in [0.5, 0.6) is 0 Å². The lowest BCUT2D eigenvalue weighted by Gasteiger charge is -2.19. The highest BCUT2D eigenvalue weighted by Gasteiger charge is 2.25. The van der Waals surface area contributed by atoms with Crippen molar-refractivity contribution in [3.8, 4) is 0 Å². The van der Waals surface area contributed by atoms with Gasteiger partial charge in [-0.2, -0.15) is 0 Å². The number of rotatable bonds is 7. The molecule has 0 aliphatic carbocycles. The number of amides is 2. The topological polar surface area (TPSA) is 98.5 Å². The third kappa shape index (κ3) is 5.73. The summed E-state index contributed by atoms with van der Waals surface area (Å²) in [6, 6.07) is 4.48. The number of esters is 1. The number of aryl methyl sites for hydroxylation is 2. The molecule has 6 nitrogen and oxygen atoms in total. The number of ether oxygens (including phenoxy) is 1. The molecule has 0 aromatic heterocycles. The van der Waals surface area contributed by atoms with Gasteiger partial charge in [-0.3, -0.25) is 14.4 Å². The minimum atomic E-state index is -0.928. The molecule has 0 saturated carbocycles. The first-order valence-corrected chi connectivity index (χ1v) is 7.59. The fourth-order valence-electron chi connectivity index (χ4n) is 2.33. The van der Waals surface area contributed by atoms with Crippen molar-refractivity contribution >= 4 is 17.8 Å². The Labute approximate surface area is 136 Å². The van der Waals surface area contributed by atoms with Crippen LogP contribution >= 0.6 is 0 Å². The second kappa shape index (κ2) is 8.31. The molecule has 0 heterocycles. The van der Waals surface area contributed by atoms with Crippen molar-refractivity contribution < 1.29 is 19.1 Å². The van der Waals surface area contributed by atoms with Gasteiger partial charge in [-0.25, -0.2) is 0 Å². The van der Waals surface area contributed by atoms with E-state index in [4.69, 9.17) is 10.5 Å². The van der Waals surface area contributed by atoms with E-state index in [0.717, 1.165) is 11.1 Å². The Kier molecular flexibility index (Phi) is 6.75. The zero-order chi connectivity index (χ0) is 17.6. The molecule has 0 aliphatic heterocycles. The number of primary amides is 1. The van der Waals surface area contributed by atoms with Crippen LogP contribution in [0, 0.1) is 19.8 Å². The molecule has 1 aromatic rings. The van der Waals surface area contributed by atoms with Crippen LogP contribution in [0.25, 0.3) is 0 Å². The van der Waals surface area contributed by atoms with E-state index < -0.39 is 29.7 Å². The van der Waals surface area contributed by atoms with E-state index in [2.05, 4.69) is 5.32 Å². The van der Waals surface area contributed by atoms with Gasteiger partial charge >= 0.3 is 5.97 Å². The van der Waals surface area contributed by atoms with Crippen LogP contribution in [-0.2, 0) is 14.3 Å². The molecule has 0 spiro atoms. The fraction of sp³-hybridized carbons (Fsp3) is 0.471. The summed E-state index contributed by atoms with van der Waals surface area (Å²) in [6.07, 6.45) is 0.102. The SMILES string of the molecule is CCOC(=O)[C@H](C)C[C@H](NC(=O)c1cc(C)cc(C)c1)C(N)=O. The summed E-state index contributed by atoms with van der Waals surface area (Å²) in [5.41, 5.74) is 7.69. The molecule has 126 valence electrons. The third-order valence-electron chi connectivity index (χ3n) is 3.41. The van der Waals surface area contributed by atoms with Crippen molar-refractivity contribution in [3.05, 3.63) is 34.9 Å². The van der Waals surface area contributed by atoms with Crippen molar-refractivity contribution in [2.45, 2.75) is 40.2 Å². The summed E-state index contributed by atoms with van der Waals surface area (Å²) >= 11 is 0. The van der Waals surface area contributed by atoms with Crippen molar-refractivity contribution in [2.75, 3.05) is 6.61 Å². The van der Waals surface area contributed by atoms with E-state index in [9.17, 15) is 14.4 Å². The molecule has 0 saturated heterocycles. The Morgan fingerprint density at radius 1 is 1.17 bits per heavy atom. The number of nitrogens with one attached hydrogen (secondary N) is 1. The average molecular weight is 320 g/mol. The summed E-state index contributed by atoms with van der Waals surface area (Å²) < 4.78 is 4.90. The van der Waals surface area contributed by atoms with Crippen molar-refractivity contribution in [1.29, 1.82) is 0 Å². The van der Waals surface area contributed by atoms with E-state index in [0.29, 0.717) is 5.56 Å². The molecule has 0 radical (unpaired) electrons. The van der Waals surface area contributed by atoms with E-state index >= 15 is 0 Å². The average Bonchev–Trinajstić information content (AvgIpc) is 2.45. The molecule has 0 aliphatic rings. The monoisotopic (exact) mass is 320 g/mol. The van der Waals surface area contributed by atoms with Crippen LogP contribution in [0.2, 0.25) is 0 Å². The summed E-state index contributed by atoms with van der Waals surface area (Å²) in [5, 5.41) is 2.59. The Balaban J connectivity index is 2.81. The smallest absolute Gasteiger partial charge is 0.308 e. The van der Waals surface area contributed by atoms with Crippen LogP contribution < -0.4 is 11.1 Å². The molecule has 0 bridgehead atoms. The molecule has 1 rings (SSSR count). The Hall–Kier alpha value is -2.37. The van der Waals surface area contributed by atoms with Gasteiger partial charge in [-0.05, 0) is 39.3 Å². The molecule has 23 heavy (non-hydrogen) atoms. The molecule has 0 fully saturated rings. The van der Waals surface area contributed by atoms with E-state index in [1.165, 1.54) is 0 Å². The van der Waals surface area contributed by atoms with Crippen molar-refractivity contribution in [2.24, 2.45) is 11.7 Å². The fourth-order valence-corrected chi connectivity index (χ4v) is 2.33. The maximum atomic E-state index is 12.3. The second-order valence-electron chi connectivity index (χ2n) is 5.69. The molecular weight excluding hydrogens is 296 g/mol. The normalized spacial score (nSPS) is 13.0. The maximum absolute atomic E-state index is 12.3. The standard InChI is InChI=1S/C17H24N2O4/c1-5-23-17(22)12(4)9-14(15(18)20)19-16(21)13-7-10(2)6-11(3)8-13/h6-8,12,14H,5,9H2,1-4H3,(H2,18,20)(H,19,21)/t12-,14+/m1/s1. The number of carbonyl (C=O) groups excluding carboxylic acids is 3. The van der Waals surface area contributed by atoms with Crippen LogP contribution in [0.1, 0.15) is 41.8 Å². The second-order valence-corrected chi connectivity index (χ2v) is 5.69. The van der Waals surface area contributed by atoms with Crippen molar-refractivity contribution in [3.63, 3.8) is 0 Å². The van der Waals surface area contributed by atoms with Gasteiger partial charge in [-0.15, -0.1) is 0 Å². The minimum Gasteiger partial charge on any atom is -0.466 e. The molecule has 2 amide bonds. The lowest BCUT2D eigenvalue weighted by Crippen LogP contribution is -2.46. The maximum Gasteiger partial charge on any atom is 0.308 e. The zero-order valence-corrected chi connectivity index (χ0v) is 14.0. The van der Waals surface area contributed by atoms with Crippen LogP contribution in [0.15, 0.2) is 18.2 Å². The van der Waals surface area contributed by atoms with Gasteiger partial charge in [-0.1, -0.05) is 24.1 Å². The zero-order valence-electron chi connectivity index (χ0n) is 14.0. The minimum absolute atomic E-state index is 0.102. The van der Waals surface area contributed by atoms with Gasteiger partial charge in [0.15, 0.2) is 0 Å². The molecule has 1 aromatic carbocycles. The summed E-state index contributed by atoms with van der Waals surface area (Å²) in [4.78, 5) is 35.5. The highest BCUT2D eigenvalue weighted by atomic mass is 16.5. The number of hydrogen-bond acceptors (Lipinski definition) is 4. The van der Waals surface area contributed by atoms with Crippen LogP contribution in [-0.4, -0.2) is 30.4 Å². The predicted molar refractivity (Wildman–Crippen MR) is 86.8 cm³/mol. The summed E-state index contributed by atoms with van der Waals surface area (Å²) in [6.45, 7) is 7.38. The summed E-state index contributed by atoms with van der Waals surface area (Å²) in [5.74, 6) is -2.03. The Morgan fingerprint density at radius 3 is 2.22 bits per heavy atom. The number of carbonyl (C=O) groups is 3. The quantitative estimate of drug-likeness (QED) is 0.743. The Morgan fingerprint density at radius 2 is 1.74 bits per heavy atom. The van der Waals surface area contributed by atoms with E-state index in [-0.39, 0.29) is 13.0 Å². The first kappa shape index (κ1) is 18.7. The molecule has 6 heteroatoms. The number of benzene rings is 1. The number of hydrogen-bond donors (Lipinski definition) is 2. The highest BCUT2D eigenvalue weighted by molar-refractivity contribution is 5.97. The van der Waals surface area contributed by atoms with Crippen LogP contribution in [0.4, 0.5) is 0 Å². The van der Waals surface area contributed by atoms with Gasteiger partial charge < -0.3 is 15.8 Å². The predicted octanol–water partition coefficient (Wildman–Crippen LogP) is 1.48. The third-order valence-corrected chi connectivity index (χ3v) is 3.41. The van der Waals surface area contributed by atoms with Crippen molar-refractivity contribution in [1.82, 2.24) is 5.32 Å². The first-order chi connectivity index (χ1) is 10.7. The Bertz CT molecular complexity index is 578. The largest absolute Gasteiger partial charge is 0.466 e. The molecular formula is C17H24N2O4. The summed E-state index contributed by atoms with van der Waals surface area (Å²) in [7, 11) is 0. The van der Waals surface area contributed by atoms with E-state index in [1.807, 2.05) is 19.9 Å². The first-order valence-electron chi connectivity index (χ1n) is 7.59. The van der Waals surface area contributed by atoms with E-state index in [1.54, 1.807) is 26.0 Å². The van der Waals surface area contributed by atoms with Gasteiger partial charge in [0.25, 0.3) is 5.91 Å². The highest BCUT2D eigenvalue weighted by Crippen LogP contribution is 2.12. The van der Waals surface area contributed by atoms with Gasteiger partial charge in [0.05, 0.1) is 12.5 Å². The lowest BCUT2D eigenvalue weighted by molar-refractivity contribution is -0.147. The molecule has 3 N–H and O–H groups in total. The van der Waals surface area contributed by atoms with Gasteiger partial charge in [0, 0.05) is 5.56 Å². The van der Waals surface area contributed by atoms with Gasteiger partial charge in [0.2, 0.25) is 5.91 Å². The molecule has 2 atom stereocenters. The van der Waals surface area contributed by atoms with Gasteiger partial charge in [0.1, 0.15) is 6.04 Å². The number of nitrogens with two attached hydrogens (primary N) is 1.